The molecule has 0 aromatic carbocycles. The van der Waals surface area contributed by atoms with Crippen LogP contribution >= 0.6 is 11.3 Å². The van der Waals surface area contributed by atoms with Gasteiger partial charge in [-0.15, -0.1) is 21.5 Å². The SMILES string of the molecule is O=C(Nc1nccs1)c1ccc(-n2ccnc2)nn1. The van der Waals surface area contributed by atoms with Crippen LogP contribution in [0.3, 0.4) is 0 Å². The smallest absolute Gasteiger partial charge is 0.277 e. The molecule has 0 atom stereocenters. The van der Waals surface area contributed by atoms with Gasteiger partial charge in [0.25, 0.3) is 5.91 Å². The van der Waals surface area contributed by atoms with Gasteiger partial charge in [0, 0.05) is 24.0 Å². The molecule has 0 saturated carbocycles. The summed E-state index contributed by atoms with van der Waals surface area (Å²) in [5, 5.41) is 12.8. The molecule has 0 radical (unpaired) electrons. The number of carbonyl (C=O) groups is 1. The highest BCUT2D eigenvalue weighted by Gasteiger charge is 2.10. The normalized spacial score (nSPS) is 10.3. The number of aromatic nitrogens is 5. The average Bonchev–Trinajstić information content (AvgIpc) is 3.12. The van der Waals surface area contributed by atoms with E-state index in [0.29, 0.717) is 10.9 Å². The van der Waals surface area contributed by atoms with E-state index < -0.39 is 0 Å². The molecule has 8 heteroatoms. The summed E-state index contributed by atoms with van der Waals surface area (Å²) >= 11 is 1.34. The highest BCUT2D eigenvalue weighted by Crippen LogP contribution is 2.11. The predicted molar refractivity (Wildman–Crippen MR) is 69.2 cm³/mol. The number of nitrogens with one attached hydrogen (secondary N) is 1. The monoisotopic (exact) mass is 272 g/mol. The third kappa shape index (κ3) is 2.47. The van der Waals surface area contributed by atoms with Gasteiger partial charge < -0.3 is 0 Å². The van der Waals surface area contributed by atoms with E-state index in [1.807, 2.05) is 0 Å². The number of hydrogen-bond donors (Lipinski definition) is 1. The van der Waals surface area contributed by atoms with E-state index in [1.165, 1.54) is 11.3 Å². The minimum absolute atomic E-state index is 0.235. The molecule has 0 unspecified atom stereocenters. The molecule has 0 fully saturated rings. The van der Waals surface area contributed by atoms with Crippen LogP contribution in [0, 0.1) is 0 Å². The van der Waals surface area contributed by atoms with E-state index in [9.17, 15) is 4.79 Å². The lowest BCUT2D eigenvalue weighted by Gasteiger charge is -2.02. The first-order valence-corrected chi connectivity index (χ1v) is 6.24. The minimum atomic E-state index is -0.334. The van der Waals surface area contributed by atoms with Gasteiger partial charge in [-0.25, -0.2) is 9.97 Å². The topological polar surface area (TPSA) is 85.6 Å². The maximum Gasteiger partial charge on any atom is 0.277 e. The number of amides is 1. The molecule has 1 N–H and O–H groups in total. The Labute approximate surface area is 112 Å². The number of anilines is 1. The van der Waals surface area contributed by atoms with Crippen molar-refractivity contribution in [1.82, 2.24) is 24.7 Å². The largest absolute Gasteiger partial charge is 0.296 e. The second kappa shape index (κ2) is 4.94. The molecule has 0 aliphatic heterocycles. The quantitative estimate of drug-likeness (QED) is 0.778. The van der Waals surface area contributed by atoms with Crippen molar-refractivity contribution in [2.45, 2.75) is 0 Å². The van der Waals surface area contributed by atoms with Gasteiger partial charge in [-0.1, -0.05) is 0 Å². The molecule has 3 heterocycles. The summed E-state index contributed by atoms with van der Waals surface area (Å²) in [5.41, 5.74) is 0.235. The fourth-order valence-electron chi connectivity index (χ4n) is 1.43. The summed E-state index contributed by atoms with van der Waals surface area (Å²) in [5.74, 6) is 0.267. The zero-order valence-electron chi connectivity index (χ0n) is 9.59. The molecule has 0 saturated heterocycles. The number of carbonyl (C=O) groups excluding carboxylic acids is 1. The van der Waals surface area contributed by atoms with Crippen molar-refractivity contribution in [2.75, 3.05) is 5.32 Å². The Morgan fingerprint density at radius 2 is 2.21 bits per heavy atom. The Hall–Kier alpha value is -2.61. The molecular formula is C11H8N6OS. The first-order chi connectivity index (χ1) is 9.33. The molecule has 3 aromatic heterocycles. The molecule has 3 rings (SSSR count). The van der Waals surface area contributed by atoms with Crippen LogP contribution in [0.1, 0.15) is 10.5 Å². The number of thiazole rings is 1. The van der Waals surface area contributed by atoms with E-state index in [-0.39, 0.29) is 11.6 Å². The minimum Gasteiger partial charge on any atom is -0.296 e. The summed E-state index contributed by atoms with van der Waals surface area (Å²) in [4.78, 5) is 19.7. The highest BCUT2D eigenvalue weighted by atomic mass is 32.1. The van der Waals surface area contributed by atoms with Crippen LogP contribution in [-0.2, 0) is 0 Å². The number of rotatable bonds is 3. The van der Waals surface area contributed by atoms with Gasteiger partial charge in [0.2, 0.25) is 0 Å². The van der Waals surface area contributed by atoms with E-state index in [1.54, 1.807) is 47.0 Å². The van der Waals surface area contributed by atoms with Crippen molar-refractivity contribution < 1.29 is 4.79 Å². The van der Waals surface area contributed by atoms with E-state index >= 15 is 0 Å². The third-order valence-corrected chi connectivity index (χ3v) is 2.99. The van der Waals surface area contributed by atoms with Gasteiger partial charge in [0.15, 0.2) is 16.6 Å². The molecule has 0 spiro atoms. The molecule has 19 heavy (non-hydrogen) atoms. The number of nitrogens with zero attached hydrogens (tertiary/aromatic N) is 5. The second-order valence-electron chi connectivity index (χ2n) is 3.54. The van der Waals surface area contributed by atoms with E-state index in [2.05, 4.69) is 25.5 Å². The molecule has 0 aliphatic carbocycles. The Morgan fingerprint density at radius 1 is 1.26 bits per heavy atom. The van der Waals surface area contributed by atoms with Gasteiger partial charge in [-0.05, 0) is 12.1 Å². The van der Waals surface area contributed by atoms with Crippen LogP contribution in [0.25, 0.3) is 5.82 Å². The maximum absolute atomic E-state index is 11.8. The summed E-state index contributed by atoms with van der Waals surface area (Å²) in [6, 6.07) is 3.30. The van der Waals surface area contributed by atoms with Gasteiger partial charge in [-0.2, -0.15) is 0 Å². The Morgan fingerprint density at radius 3 is 2.84 bits per heavy atom. The lowest BCUT2D eigenvalue weighted by molar-refractivity contribution is 0.102. The van der Waals surface area contributed by atoms with Crippen molar-refractivity contribution in [1.29, 1.82) is 0 Å². The third-order valence-electron chi connectivity index (χ3n) is 2.30. The van der Waals surface area contributed by atoms with Crippen LogP contribution in [0.2, 0.25) is 0 Å². The summed E-state index contributed by atoms with van der Waals surface area (Å²) < 4.78 is 1.70. The van der Waals surface area contributed by atoms with Crippen LogP contribution < -0.4 is 5.32 Å². The average molecular weight is 272 g/mol. The number of imidazole rings is 1. The standard InChI is InChI=1S/C11H8N6OS/c18-10(14-11-13-4-6-19-11)8-1-2-9(16-15-8)17-5-3-12-7-17/h1-7H,(H,13,14,18). The Balaban J connectivity index is 1.77. The number of hydrogen-bond acceptors (Lipinski definition) is 6. The first-order valence-electron chi connectivity index (χ1n) is 5.36. The van der Waals surface area contributed by atoms with Crippen molar-refractivity contribution in [2.24, 2.45) is 0 Å². The van der Waals surface area contributed by atoms with Crippen LogP contribution in [-0.4, -0.2) is 30.6 Å². The van der Waals surface area contributed by atoms with Crippen LogP contribution in [0.15, 0.2) is 42.4 Å². The van der Waals surface area contributed by atoms with Gasteiger partial charge >= 0.3 is 0 Å². The molecule has 0 bridgehead atoms. The van der Waals surface area contributed by atoms with E-state index in [4.69, 9.17) is 0 Å². The summed E-state index contributed by atoms with van der Waals surface area (Å²) in [6.07, 6.45) is 6.62. The van der Waals surface area contributed by atoms with Crippen molar-refractivity contribution in [3.63, 3.8) is 0 Å². The van der Waals surface area contributed by atoms with Crippen molar-refractivity contribution >= 4 is 22.4 Å². The molecular weight excluding hydrogens is 264 g/mol. The van der Waals surface area contributed by atoms with Gasteiger partial charge in [0.05, 0.1) is 0 Å². The zero-order chi connectivity index (χ0) is 13.1. The summed E-state index contributed by atoms with van der Waals surface area (Å²) in [7, 11) is 0. The predicted octanol–water partition coefficient (Wildman–Crippen LogP) is 1.37. The van der Waals surface area contributed by atoms with E-state index in [0.717, 1.165) is 0 Å². The van der Waals surface area contributed by atoms with Gasteiger partial charge in [-0.3, -0.25) is 14.7 Å². The van der Waals surface area contributed by atoms with Crippen LogP contribution in [0.5, 0.6) is 0 Å². The van der Waals surface area contributed by atoms with Crippen molar-refractivity contribution in [3.8, 4) is 5.82 Å². The van der Waals surface area contributed by atoms with Crippen LogP contribution in [0.4, 0.5) is 5.13 Å². The second-order valence-corrected chi connectivity index (χ2v) is 4.43. The van der Waals surface area contributed by atoms with Gasteiger partial charge in [0.1, 0.15) is 6.33 Å². The van der Waals surface area contributed by atoms with Crippen molar-refractivity contribution in [3.05, 3.63) is 48.1 Å². The Kier molecular flexibility index (Phi) is 2.99. The fraction of sp³-hybridized carbons (Fsp3) is 0. The molecule has 94 valence electrons. The lowest BCUT2D eigenvalue weighted by Crippen LogP contribution is -2.14. The first kappa shape index (κ1) is 11.5. The molecule has 1 amide bonds. The highest BCUT2D eigenvalue weighted by molar-refractivity contribution is 7.13. The molecule has 3 aromatic rings. The zero-order valence-corrected chi connectivity index (χ0v) is 10.4. The molecule has 0 aliphatic rings. The fourth-order valence-corrected chi connectivity index (χ4v) is 1.95. The Bertz CT molecular complexity index is 662. The summed E-state index contributed by atoms with van der Waals surface area (Å²) in [6.45, 7) is 0. The lowest BCUT2D eigenvalue weighted by atomic mass is 10.3. The molecule has 7 nitrogen and oxygen atoms in total. The maximum atomic E-state index is 11.8.